The second kappa shape index (κ2) is 7.21. The van der Waals surface area contributed by atoms with Gasteiger partial charge in [-0.05, 0) is 63.8 Å². The lowest BCUT2D eigenvalue weighted by molar-refractivity contribution is -0.120. The zero-order valence-electron chi connectivity index (χ0n) is 15.5. The highest BCUT2D eigenvalue weighted by atomic mass is 16.1. The summed E-state index contributed by atoms with van der Waals surface area (Å²) < 4.78 is 0. The summed E-state index contributed by atoms with van der Waals surface area (Å²) in [5.41, 5.74) is 5.14. The number of piperidine rings is 1. The Balaban J connectivity index is 1.61. The van der Waals surface area contributed by atoms with E-state index in [9.17, 15) is 4.79 Å². The Hall–Kier alpha value is -2.43. The Labute approximate surface area is 149 Å². The largest absolute Gasteiger partial charge is 0.341 e. The van der Waals surface area contributed by atoms with Crippen molar-refractivity contribution in [3.63, 3.8) is 0 Å². The van der Waals surface area contributed by atoms with E-state index in [1.54, 1.807) is 0 Å². The topological polar surface area (TPSA) is 58.1 Å². The fourth-order valence-electron chi connectivity index (χ4n) is 3.30. The van der Waals surface area contributed by atoms with Gasteiger partial charge in [0.05, 0.1) is 0 Å². The molecule has 1 amide bonds. The third kappa shape index (κ3) is 4.16. The maximum absolute atomic E-state index is 12.6. The van der Waals surface area contributed by atoms with Gasteiger partial charge in [-0.2, -0.15) is 0 Å². The smallest absolute Gasteiger partial charge is 0.227 e. The van der Waals surface area contributed by atoms with Gasteiger partial charge in [0.15, 0.2) is 0 Å². The van der Waals surface area contributed by atoms with Gasteiger partial charge >= 0.3 is 0 Å². The number of aryl methyl sites for hydroxylation is 4. The van der Waals surface area contributed by atoms with Crippen molar-refractivity contribution in [3.8, 4) is 0 Å². The zero-order chi connectivity index (χ0) is 18.0. The van der Waals surface area contributed by atoms with Gasteiger partial charge < -0.3 is 10.2 Å². The van der Waals surface area contributed by atoms with Gasteiger partial charge in [-0.1, -0.05) is 12.1 Å². The standard InChI is InChI=1S/C20H26N4O/c1-13-5-6-14(2)18(11-13)23-19(25)17-7-9-24(10-8-17)20-21-15(3)12-16(4)22-20/h5-6,11-12,17H,7-10H2,1-4H3,(H,23,25). The molecule has 3 rings (SSSR count). The molecule has 2 heterocycles. The van der Waals surface area contributed by atoms with Crippen molar-refractivity contribution in [3.05, 3.63) is 46.8 Å². The lowest BCUT2D eigenvalue weighted by Crippen LogP contribution is -2.39. The van der Waals surface area contributed by atoms with Crippen molar-refractivity contribution < 1.29 is 4.79 Å². The van der Waals surface area contributed by atoms with Gasteiger partial charge in [-0.3, -0.25) is 4.79 Å². The van der Waals surface area contributed by atoms with Crippen molar-refractivity contribution >= 4 is 17.5 Å². The van der Waals surface area contributed by atoms with Crippen LogP contribution in [0.3, 0.4) is 0 Å². The second-order valence-corrected chi connectivity index (χ2v) is 7.02. The minimum atomic E-state index is 0.0436. The molecule has 0 spiro atoms. The molecule has 25 heavy (non-hydrogen) atoms. The van der Waals surface area contributed by atoms with E-state index in [2.05, 4.69) is 26.3 Å². The third-order valence-corrected chi connectivity index (χ3v) is 4.77. The molecular weight excluding hydrogens is 312 g/mol. The second-order valence-electron chi connectivity index (χ2n) is 7.02. The van der Waals surface area contributed by atoms with Gasteiger partial charge in [-0.25, -0.2) is 9.97 Å². The Morgan fingerprint density at radius 2 is 1.68 bits per heavy atom. The molecule has 0 aliphatic carbocycles. The molecular formula is C20H26N4O. The van der Waals surface area contributed by atoms with E-state index in [0.717, 1.165) is 60.1 Å². The number of carbonyl (C=O) groups excluding carboxylic acids is 1. The summed E-state index contributed by atoms with van der Waals surface area (Å²) in [6, 6.07) is 8.12. The summed E-state index contributed by atoms with van der Waals surface area (Å²) in [6.45, 7) is 9.67. The summed E-state index contributed by atoms with van der Waals surface area (Å²) in [5.74, 6) is 0.947. The van der Waals surface area contributed by atoms with Crippen LogP contribution in [0.15, 0.2) is 24.3 Å². The molecule has 0 atom stereocenters. The van der Waals surface area contributed by atoms with Crippen LogP contribution in [0.2, 0.25) is 0 Å². The molecule has 1 fully saturated rings. The summed E-state index contributed by atoms with van der Waals surface area (Å²) in [6.07, 6.45) is 1.65. The van der Waals surface area contributed by atoms with E-state index >= 15 is 0 Å². The number of nitrogens with zero attached hydrogens (tertiary/aromatic N) is 3. The highest BCUT2D eigenvalue weighted by Gasteiger charge is 2.26. The molecule has 1 N–H and O–H groups in total. The van der Waals surface area contributed by atoms with Gasteiger partial charge in [0, 0.05) is 36.1 Å². The predicted molar refractivity (Wildman–Crippen MR) is 101 cm³/mol. The highest BCUT2D eigenvalue weighted by Crippen LogP contribution is 2.24. The number of rotatable bonds is 3. The van der Waals surface area contributed by atoms with Crippen molar-refractivity contribution in [2.45, 2.75) is 40.5 Å². The van der Waals surface area contributed by atoms with Crippen molar-refractivity contribution in [2.75, 3.05) is 23.3 Å². The molecule has 0 radical (unpaired) electrons. The van der Waals surface area contributed by atoms with Crippen LogP contribution < -0.4 is 10.2 Å². The van der Waals surface area contributed by atoms with E-state index in [-0.39, 0.29) is 11.8 Å². The number of aromatic nitrogens is 2. The number of benzene rings is 1. The molecule has 0 bridgehead atoms. The van der Waals surface area contributed by atoms with Crippen LogP contribution in [0.5, 0.6) is 0 Å². The third-order valence-electron chi connectivity index (χ3n) is 4.77. The number of carbonyl (C=O) groups is 1. The quantitative estimate of drug-likeness (QED) is 0.929. The Morgan fingerprint density at radius 1 is 1.04 bits per heavy atom. The van der Waals surface area contributed by atoms with Crippen molar-refractivity contribution in [2.24, 2.45) is 5.92 Å². The molecule has 0 saturated carbocycles. The summed E-state index contributed by atoms with van der Waals surface area (Å²) in [5, 5.41) is 3.10. The molecule has 1 aliphatic rings. The van der Waals surface area contributed by atoms with Gasteiger partial charge in [-0.15, -0.1) is 0 Å². The first kappa shape index (κ1) is 17.4. The molecule has 2 aromatic rings. The minimum absolute atomic E-state index is 0.0436. The number of nitrogens with one attached hydrogen (secondary N) is 1. The number of amides is 1. The van der Waals surface area contributed by atoms with Crippen LogP contribution in [-0.2, 0) is 4.79 Å². The van der Waals surface area contributed by atoms with Crippen LogP contribution in [0.4, 0.5) is 11.6 Å². The fraction of sp³-hybridized carbons (Fsp3) is 0.450. The molecule has 5 nitrogen and oxygen atoms in total. The Kier molecular flexibility index (Phi) is 5.02. The average molecular weight is 338 g/mol. The number of hydrogen-bond acceptors (Lipinski definition) is 4. The normalized spacial score (nSPS) is 15.3. The average Bonchev–Trinajstić information content (AvgIpc) is 2.57. The molecule has 5 heteroatoms. The lowest BCUT2D eigenvalue weighted by atomic mass is 9.95. The molecule has 1 aliphatic heterocycles. The predicted octanol–water partition coefficient (Wildman–Crippen LogP) is 3.57. The molecule has 1 aromatic heterocycles. The fourth-order valence-corrected chi connectivity index (χ4v) is 3.30. The summed E-state index contributed by atoms with van der Waals surface area (Å²) >= 11 is 0. The van der Waals surface area contributed by atoms with Crippen LogP contribution in [-0.4, -0.2) is 29.0 Å². The van der Waals surface area contributed by atoms with Crippen LogP contribution in [0.1, 0.15) is 35.4 Å². The number of anilines is 2. The Morgan fingerprint density at radius 3 is 2.32 bits per heavy atom. The maximum Gasteiger partial charge on any atom is 0.227 e. The molecule has 1 aromatic carbocycles. The van der Waals surface area contributed by atoms with E-state index in [1.165, 1.54) is 0 Å². The highest BCUT2D eigenvalue weighted by molar-refractivity contribution is 5.93. The first-order valence-corrected chi connectivity index (χ1v) is 8.88. The van der Waals surface area contributed by atoms with Gasteiger partial charge in [0.1, 0.15) is 0 Å². The number of hydrogen-bond donors (Lipinski definition) is 1. The first-order valence-electron chi connectivity index (χ1n) is 8.88. The van der Waals surface area contributed by atoms with E-state index in [4.69, 9.17) is 0 Å². The molecule has 132 valence electrons. The zero-order valence-corrected chi connectivity index (χ0v) is 15.5. The summed E-state index contributed by atoms with van der Waals surface area (Å²) in [7, 11) is 0. The first-order chi connectivity index (χ1) is 11.9. The lowest BCUT2D eigenvalue weighted by Gasteiger charge is -2.31. The van der Waals surface area contributed by atoms with E-state index in [1.807, 2.05) is 45.9 Å². The van der Waals surface area contributed by atoms with Gasteiger partial charge in [0.25, 0.3) is 0 Å². The van der Waals surface area contributed by atoms with Crippen LogP contribution >= 0.6 is 0 Å². The van der Waals surface area contributed by atoms with Crippen molar-refractivity contribution in [1.29, 1.82) is 0 Å². The van der Waals surface area contributed by atoms with Crippen LogP contribution in [0, 0.1) is 33.6 Å². The monoisotopic (exact) mass is 338 g/mol. The van der Waals surface area contributed by atoms with E-state index in [0.29, 0.717) is 0 Å². The minimum Gasteiger partial charge on any atom is -0.341 e. The van der Waals surface area contributed by atoms with E-state index < -0.39 is 0 Å². The Bertz CT molecular complexity index is 759. The molecule has 0 unspecified atom stereocenters. The van der Waals surface area contributed by atoms with Crippen molar-refractivity contribution in [1.82, 2.24) is 9.97 Å². The van der Waals surface area contributed by atoms with Crippen LogP contribution in [0.25, 0.3) is 0 Å². The summed E-state index contributed by atoms with van der Waals surface area (Å²) in [4.78, 5) is 23.9. The molecule has 1 saturated heterocycles. The maximum atomic E-state index is 12.6. The van der Waals surface area contributed by atoms with Gasteiger partial charge in [0.2, 0.25) is 11.9 Å². The SMILES string of the molecule is Cc1ccc(C)c(NC(=O)C2CCN(c3nc(C)cc(C)n3)CC2)c1.